The number of hydrogen-bond acceptors (Lipinski definition) is 3. The Morgan fingerprint density at radius 2 is 2.35 bits per heavy atom. The number of hydrogen-bond donors (Lipinski definition) is 1. The third-order valence-corrected chi connectivity index (χ3v) is 3.77. The van der Waals surface area contributed by atoms with Crippen LogP contribution in [0.25, 0.3) is 0 Å². The van der Waals surface area contributed by atoms with Crippen LogP contribution in [-0.2, 0) is 4.74 Å². The van der Waals surface area contributed by atoms with Gasteiger partial charge >= 0.3 is 0 Å². The van der Waals surface area contributed by atoms with Gasteiger partial charge in [-0.3, -0.25) is 0 Å². The van der Waals surface area contributed by atoms with Crippen LogP contribution in [0.1, 0.15) is 18.0 Å². The first-order valence-electron chi connectivity index (χ1n) is 5.84. The number of halogens is 1. The lowest BCUT2D eigenvalue weighted by atomic mass is 9.92. The number of ether oxygens (including phenoxy) is 2. The van der Waals surface area contributed by atoms with Crippen molar-refractivity contribution in [3.63, 3.8) is 0 Å². The molecular formula is C13H18BrNO2. The van der Waals surface area contributed by atoms with Crippen LogP contribution in [0.3, 0.4) is 0 Å². The van der Waals surface area contributed by atoms with Gasteiger partial charge in [0.15, 0.2) is 0 Å². The summed E-state index contributed by atoms with van der Waals surface area (Å²) in [6, 6.07) is 6.41. The van der Waals surface area contributed by atoms with Gasteiger partial charge in [-0.1, -0.05) is 15.9 Å². The quantitative estimate of drug-likeness (QED) is 0.927. The molecule has 0 amide bonds. The highest BCUT2D eigenvalue weighted by Gasteiger charge is 2.28. The fourth-order valence-electron chi connectivity index (χ4n) is 2.41. The summed E-state index contributed by atoms with van der Waals surface area (Å²) in [5, 5.41) is 3.38. The number of rotatable bonds is 4. The van der Waals surface area contributed by atoms with Crippen molar-refractivity contribution >= 4 is 15.9 Å². The molecule has 1 saturated heterocycles. The van der Waals surface area contributed by atoms with Crippen LogP contribution >= 0.6 is 15.9 Å². The Hall–Kier alpha value is -0.580. The Balaban J connectivity index is 2.31. The fourth-order valence-corrected chi connectivity index (χ4v) is 2.79. The maximum atomic E-state index is 5.47. The molecule has 1 aromatic rings. The maximum Gasteiger partial charge on any atom is 0.123 e. The number of methoxy groups -OCH3 is 1. The van der Waals surface area contributed by atoms with Gasteiger partial charge in [-0.25, -0.2) is 0 Å². The van der Waals surface area contributed by atoms with E-state index in [4.69, 9.17) is 9.47 Å². The predicted octanol–water partition coefficient (Wildman–Crippen LogP) is 2.75. The smallest absolute Gasteiger partial charge is 0.123 e. The molecule has 17 heavy (non-hydrogen) atoms. The molecule has 1 fully saturated rings. The molecule has 2 atom stereocenters. The van der Waals surface area contributed by atoms with E-state index in [1.807, 2.05) is 19.2 Å². The van der Waals surface area contributed by atoms with Crippen molar-refractivity contribution in [2.75, 3.05) is 27.4 Å². The van der Waals surface area contributed by atoms with E-state index in [1.54, 1.807) is 7.11 Å². The highest BCUT2D eigenvalue weighted by atomic mass is 79.9. The van der Waals surface area contributed by atoms with Crippen molar-refractivity contribution in [3.8, 4) is 5.75 Å². The summed E-state index contributed by atoms with van der Waals surface area (Å²) < 4.78 is 12.0. The van der Waals surface area contributed by atoms with Gasteiger partial charge in [0.05, 0.1) is 13.7 Å². The summed E-state index contributed by atoms with van der Waals surface area (Å²) in [5.41, 5.74) is 1.19. The molecule has 1 aromatic carbocycles. The summed E-state index contributed by atoms with van der Waals surface area (Å²) in [6.45, 7) is 1.68. The lowest BCUT2D eigenvalue weighted by Crippen LogP contribution is -2.26. The molecule has 0 aromatic heterocycles. The first kappa shape index (κ1) is 12.9. The Morgan fingerprint density at radius 3 is 2.94 bits per heavy atom. The van der Waals surface area contributed by atoms with Crippen LogP contribution in [-0.4, -0.2) is 27.4 Å². The Labute approximate surface area is 111 Å². The van der Waals surface area contributed by atoms with Gasteiger partial charge < -0.3 is 14.8 Å². The van der Waals surface area contributed by atoms with E-state index in [0.717, 1.165) is 29.9 Å². The molecule has 0 aliphatic carbocycles. The third kappa shape index (κ3) is 2.81. The van der Waals surface area contributed by atoms with Crippen molar-refractivity contribution in [1.29, 1.82) is 0 Å². The van der Waals surface area contributed by atoms with Gasteiger partial charge in [-0.15, -0.1) is 0 Å². The van der Waals surface area contributed by atoms with Crippen LogP contribution in [0.2, 0.25) is 0 Å². The zero-order chi connectivity index (χ0) is 12.3. The van der Waals surface area contributed by atoms with Gasteiger partial charge in [-0.2, -0.15) is 0 Å². The van der Waals surface area contributed by atoms with Crippen LogP contribution in [0.4, 0.5) is 0 Å². The molecule has 1 aliphatic rings. The van der Waals surface area contributed by atoms with Crippen LogP contribution in [0, 0.1) is 5.92 Å². The minimum atomic E-state index is 0.282. The molecule has 4 heteroatoms. The molecule has 1 aliphatic heterocycles. The standard InChI is InChI=1S/C13H18BrNO2/c1-15-13(9-5-6-17-8-9)11-7-10(14)3-4-12(11)16-2/h3-4,7,9,13,15H,5-6,8H2,1-2H3. The van der Waals surface area contributed by atoms with E-state index in [1.165, 1.54) is 5.56 Å². The predicted molar refractivity (Wildman–Crippen MR) is 71.4 cm³/mol. The normalized spacial score (nSPS) is 21.5. The lowest BCUT2D eigenvalue weighted by molar-refractivity contribution is 0.177. The summed E-state index contributed by atoms with van der Waals surface area (Å²) in [7, 11) is 3.70. The van der Waals surface area contributed by atoms with Crippen molar-refractivity contribution in [2.45, 2.75) is 12.5 Å². The number of benzene rings is 1. The first-order chi connectivity index (χ1) is 8.26. The van der Waals surface area contributed by atoms with Gasteiger partial charge in [0, 0.05) is 28.6 Å². The molecule has 0 bridgehead atoms. The van der Waals surface area contributed by atoms with E-state index >= 15 is 0 Å². The first-order valence-corrected chi connectivity index (χ1v) is 6.64. The van der Waals surface area contributed by atoms with Crippen LogP contribution in [0.15, 0.2) is 22.7 Å². The zero-order valence-corrected chi connectivity index (χ0v) is 11.8. The van der Waals surface area contributed by atoms with E-state index in [9.17, 15) is 0 Å². The average Bonchev–Trinajstić information content (AvgIpc) is 2.84. The minimum absolute atomic E-state index is 0.282. The molecule has 3 nitrogen and oxygen atoms in total. The molecule has 1 heterocycles. The van der Waals surface area contributed by atoms with E-state index in [-0.39, 0.29) is 6.04 Å². The molecule has 0 radical (unpaired) electrons. The SMILES string of the molecule is CNC(c1cc(Br)ccc1OC)C1CCOC1. The minimum Gasteiger partial charge on any atom is -0.496 e. The Morgan fingerprint density at radius 1 is 1.53 bits per heavy atom. The average molecular weight is 300 g/mol. The topological polar surface area (TPSA) is 30.5 Å². The highest BCUT2D eigenvalue weighted by molar-refractivity contribution is 9.10. The van der Waals surface area contributed by atoms with Crippen molar-refractivity contribution in [1.82, 2.24) is 5.32 Å². The molecular weight excluding hydrogens is 282 g/mol. The van der Waals surface area contributed by atoms with Crippen molar-refractivity contribution in [2.24, 2.45) is 5.92 Å². The highest BCUT2D eigenvalue weighted by Crippen LogP contribution is 2.35. The summed E-state index contributed by atoms with van der Waals surface area (Å²) in [6.07, 6.45) is 1.10. The van der Waals surface area contributed by atoms with Gasteiger partial charge in [0.25, 0.3) is 0 Å². The Bertz CT molecular complexity index is 378. The Kier molecular flexibility index (Phi) is 4.42. The van der Waals surface area contributed by atoms with Crippen molar-refractivity contribution < 1.29 is 9.47 Å². The maximum absolute atomic E-state index is 5.47. The van der Waals surface area contributed by atoms with Crippen molar-refractivity contribution in [3.05, 3.63) is 28.2 Å². The van der Waals surface area contributed by atoms with Gasteiger partial charge in [-0.05, 0) is 31.7 Å². The molecule has 0 saturated carbocycles. The van der Waals surface area contributed by atoms with E-state index in [2.05, 4.69) is 27.3 Å². The van der Waals surface area contributed by atoms with E-state index in [0.29, 0.717) is 5.92 Å². The lowest BCUT2D eigenvalue weighted by Gasteiger charge is -2.24. The molecule has 1 N–H and O–H groups in total. The van der Waals surface area contributed by atoms with Gasteiger partial charge in [0.2, 0.25) is 0 Å². The largest absolute Gasteiger partial charge is 0.496 e. The summed E-state index contributed by atoms with van der Waals surface area (Å²) in [5.74, 6) is 1.45. The second-order valence-electron chi connectivity index (χ2n) is 4.28. The second-order valence-corrected chi connectivity index (χ2v) is 5.19. The molecule has 2 unspecified atom stereocenters. The molecule has 94 valence electrons. The fraction of sp³-hybridized carbons (Fsp3) is 0.538. The summed E-state index contributed by atoms with van der Waals surface area (Å²) >= 11 is 3.52. The van der Waals surface area contributed by atoms with Gasteiger partial charge in [0.1, 0.15) is 5.75 Å². The van der Waals surface area contributed by atoms with Crippen LogP contribution < -0.4 is 10.1 Å². The second kappa shape index (κ2) is 5.85. The molecule has 0 spiro atoms. The monoisotopic (exact) mass is 299 g/mol. The van der Waals surface area contributed by atoms with E-state index < -0.39 is 0 Å². The van der Waals surface area contributed by atoms with Crippen LogP contribution in [0.5, 0.6) is 5.75 Å². The third-order valence-electron chi connectivity index (χ3n) is 3.27. The zero-order valence-electron chi connectivity index (χ0n) is 10.2. The number of nitrogens with one attached hydrogen (secondary N) is 1. The molecule has 2 rings (SSSR count). The summed E-state index contributed by atoms with van der Waals surface area (Å²) in [4.78, 5) is 0.